The number of likely N-dealkylation sites (tertiary alicyclic amines) is 1. The number of carbonyl (C=O) groups excluding carboxylic acids is 2. The van der Waals surface area contributed by atoms with Gasteiger partial charge in [-0.1, -0.05) is 18.9 Å². The second kappa shape index (κ2) is 10.7. The van der Waals surface area contributed by atoms with Crippen LogP contribution in [0.15, 0.2) is 42.5 Å². The highest BCUT2D eigenvalue weighted by atomic mass is 127. The van der Waals surface area contributed by atoms with Crippen LogP contribution in [0.5, 0.6) is 5.75 Å². The number of hydrogen-bond acceptors (Lipinski definition) is 4. The lowest BCUT2D eigenvalue weighted by molar-refractivity contribution is 0.0761. The normalized spacial score (nSPS) is 13.9. The van der Waals surface area contributed by atoms with Crippen LogP contribution in [-0.2, 0) is 0 Å². The Bertz CT molecular complexity index is 943. The molecule has 8 heteroatoms. The van der Waals surface area contributed by atoms with Gasteiger partial charge in [0.1, 0.15) is 5.75 Å². The molecule has 1 fully saturated rings. The largest absolute Gasteiger partial charge is 0.496 e. The van der Waals surface area contributed by atoms with Gasteiger partial charge in [-0.3, -0.25) is 14.9 Å². The predicted molar refractivity (Wildman–Crippen MR) is 130 cm³/mol. The van der Waals surface area contributed by atoms with E-state index in [1.165, 1.54) is 12.8 Å². The molecule has 1 aliphatic heterocycles. The Hall–Kier alpha value is -2.20. The van der Waals surface area contributed by atoms with Gasteiger partial charge >= 0.3 is 0 Å². The maximum atomic E-state index is 12.8. The Morgan fingerprint density at radius 2 is 1.77 bits per heavy atom. The van der Waals surface area contributed by atoms with Crippen molar-refractivity contribution in [3.05, 3.63) is 57.2 Å². The smallest absolute Gasteiger partial charge is 0.257 e. The Morgan fingerprint density at radius 3 is 2.43 bits per heavy atom. The summed E-state index contributed by atoms with van der Waals surface area (Å²) in [6.45, 7) is 1.59. The number of nitrogens with one attached hydrogen (secondary N) is 2. The molecule has 30 heavy (non-hydrogen) atoms. The number of benzene rings is 2. The van der Waals surface area contributed by atoms with E-state index < -0.39 is 0 Å². The van der Waals surface area contributed by atoms with Crippen molar-refractivity contribution in [3.8, 4) is 5.75 Å². The quantitative estimate of drug-likeness (QED) is 0.446. The molecule has 2 aromatic rings. The molecule has 0 bridgehead atoms. The fourth-order valence-electron chi connectivity index (χ4n) is 3.33. The van der Waals surface area contributed by atoms with E-state index in [2.05, 4.69) is 33.2 Å². The van der Waals surface area contributed by atoms with Crippen molar-refractivity contribution in [1.29, 1.82) is 0 Å². The average Bonchev–Trinajstić information content (AvgIpc) is 3.02. The van der Waals surface area contributed by atoms with Gasteiger partial charge in [0.2, 0.25) is 0 Å². The standard InChI is InChI=1S/C22H24IN3O3S/c1-29-19-10-9-15(14-18(19)23)20(27)25-22(30)24-17-8-6-7-16(13-17)21(28)26-11-4-2-3-5-12-26/h6-10,13-14H,2-5,11-12H2,1H3,(H2,24,25,27,30). The molecule has 1 aliphatic rings. The minimum atomic E-state index is -0.315. The number of nitrogens with zero attached hydrogens (tertiary/aromatic N) is 1. The van der Waals surface area contributed by atoms with Crippen LogP contribution in [0.1, 0.15) is 46.4 Å². The number of amides is 2. The van der Waals surface area contributed by atoms with Crippen molar-refractivity contribution >= 4 is 57.4 Å². The van der Waals surface area contributed by atoms with E-state index in [-0.39, 0.29) is 16.9 Å². The van der Waals surface area contributed by atoms with E-state index in [1.807, 2.05) is 17.0 Å². The van der Waals surface area contributed by atoms with Crippen LogP contribution in [0.25, 0.3) is 0 Å². The number of methoxy groups -OCH3 is 1. The summed E-state index contributed by atoms with van der Waals surface area (Å²) in [5, 5.41) is 5.84. The molecule has 0 aliphatic carbocycles. The van der Waals surface area contributed by atoms with E-state index >= 15 is 0 Å². The van der Waals surface area contributed by atoms with Crippen molar-refractivity contribution in [2.75, 3.05) is 25.5 Å². The number of carbonyl (C=O) groups is 2. The Labute approximate surface area is 195 Å². The molecular formula is C22H24IN3O3S. The number of ether oxygens (including phenoxy) is 1. The van der Waals surface area contributed by atoms with Gasteiger partial charge in [-0.05, 0) is 84.0 Å². The topological polar surface area (TPSA) is 70.7 Å². The maximum Gasteiger partial charge on any atom is 0.257 e. The summed E-state index contributed by atoms with van der Waals surface area (Å²) in [5.41, 5.74) is 1.75. The van der Waals surface area contributed by atoms with Gasteiger partial charge in [0, 0.05) is 29.9 Å². The summed E-state index contributed by atoms with van der Waals surface area (Å²) in [6.07, 6.45) is 4.44. The Kier molecular flexibility index (Phi) is 8.03. The SMILES string of the molecule is COc1ccc(C(=O)NC(=S)Nc2cccc(C(=O)N3CCCCCC3)c2)cc1I. The van der Waals surface area contributed by atoms with Crippen molar-refractivity contribution in [2.24, 2.45) is 0 Å². The summed E-state index contributed by atoms with van der Waals surface area (Å²) >= 11 is 7.39. The molecule has 0 aromatic heterocycles. The van der Waals surface area contributed by atoms with Crippen LogP contribution in [0.3, 0.4) is 0 Å². The van der Waals surface area contributed by atoms with Crippen molar-refractivity contribution in [2.45, 2.75) is 25.7 Å². The first-order valence-electron chi connectivity index (χ1n) is 9.83. The van der Waals surface area contributed by atoms with E-state index in [0.717, 1.165) is 29.5 Å². The molecular weight excluding hydrogens is 513 g/mol. The van der Waals surface area contributed by atoms with Gasteiger partial charge in [0.05, 0.1) is 10.7 Å². The minimum absolute atomic E-state index is 0.0308. The predicted octanol–water partition coefficient (Wildman–Crippen LogP) is 4.44. The zero-order chi connectivity index (χ0) is 21.5. The van der Waals surface area contributed by atoms with Gasteiger partial charge in [0.25, 0.3) is 11.8 Å². The molecule has 158 valence electrons. The molecule has 0 saturated carbocycles. The summed E-state index contributed by atoms with van der Waals surface area (Å²) < 4.78 is 6.05. The van der Waals surface area contributed by atoms with E-state index in [9.17, 15) is 9.59 Å². The lowest BCUT2D eigenvalue weighted by atomic mass is 10.1. The molecule has 3 rings (SSSR count). The fourth-order valence-corrected chi connectivity index (χ4v) is 4.28. The van der Waals surface area contributed by atoms with Crippen molar-refractivity contribution in [3.63, 3.8) is 0 Å². The van der Waals surface area contributed by atoms with E-state index in [4.69, 9.17) is 17.0 Å². The third-order valence-electron chi connectivity index (χ3n) is 4.90. The molecule has 1 heterocycles. The summed E-state index contributed by atoms with van der Waals surface area (Å²) in [6, 6.07) is 12.3. The van der Waals surface area contributed by atoms with Gasteiger partial charge < -0.3 is 15.0 Å². The third-order valence-corrected chi connectivity index (χ3v) is 5.95. The Morgan fingerprint density at radius 1 is 1.03 bits per heavy atom. The molecule has 1 saturated heterocycles. The first-order chi connectivity index (χ1) is 14.5. The lowest BCUT2D eigenvalue weighted by Gasteiger charge is -2.20. The highest BCUT2D eigenvalue weighted by molar-refractivity contribution is 14.1. The molecule has 2 amide bonds. The number of thiocarbonyl (C=S) groups is 1. The van der Waals surface area contributed by atoms with E-state index in [0.29, 0.717) is 22.6 Å². The Balaban J connectivity index is 1.62. The first kappa shape index (κ1) is 22.5. The molecule has 0 spiro atoms. The highest BCUT2D eigenvalue weighted by Gasteiger charge is 2.18. The summed E-state index contributed by atoms with van der Waals surface area (Å²) in [5.74, 6) is 0.423. The van der Waals surface area contributed by atoms with Gasteiger partial charge in [-0.15, -0.1) is 0 Å². The number of rotatable bonds is 4. The van der Waals surface area contributed by atoms with Crippen LogP contribution in [0.4, 0.5) is 5.69 Å². The summed E-state index contributed by atoms with van der Waals surface area (Å²) in [4.78, 5) is 27.2. The fraction of sp³-hybridized carbons (Fsp3) is 0.318. The van der Waals surface area contributed by atoms with Gasteiger partial charge in [-0.25, -0.2) is 0 Å². The monoisotopic (exact) mass is 537 g/mol. The molecule has 6 nitrogen and oxygen atoms in total. The maximum absolute atomic E-state index is 12.8. The second-order valence-electron chi connectivity index (χ2n) is 7.04. The van der Waals surface area contributed by atoms with Crippen molar-refractivity contribution in [1.82, 2.24) is 10.2 Å². The number of hydrogen-bond donors (Lipinski definition) is 2. The molecule has 0 unspecified atom stereocenters. The van der Waals surface area contributed by atoms with Crippen LogP contribution >= 0.6 is 34.8 Å². The number of anilines is 1. The van der Waals surface area contributed by atoms with Crippen LogP contribution < -0.4 is 15.4 Å². The second-order valence-corrected chi connectivity index (χ2v) is 8.62. The van der Waals surface area contributed by atoms with Crippen LogP contribution in [-0.4, -0.2) is 42.0 Å². The molecule has 2 aromatic carbocycles. The number of halogens is 1. The van der Waals surface area contributed by atoms with E-state index in [1.54, 1.807) is 37.4 Å². The van der Waals surface area contributed by atoms with Crippen LogP contribution in [0.2, 0.25) is 0 Å². The van der Waals surface area contributed by atoms with Crippen LogP contribution in [0, 0.1) is 3.57 Å². The zero-order valence-corrected chi connectivity index (χ0v) is 19.7. The highest BCUT2D eigenvalue weighted by Crippen LogP contribution is 2.21. The molecule has 0 radical (unpaired) electrons. The average molecular weight is 537 g/mol. The van der Waals surface area contributed by atoms with Crippen molar-refractivity contribution < 1.29 is 14.3 Å². The molecule has 0 atom stereocenters. The lowest BCUT2D eigenvalue weighted by Crippen LogP contribution is -2.34. The summed E-state index contributed by atoms with van der Waals surface area (Å²) in [7, 11) is 1.59. The van der Waals surface area contributed by atoms with Gasteiger partial charge in [0.15, 0.2) is 5.11 Å². The zero-order valence-electron chi connectivity index (χ0n) is 16.7. The van der Waals surface area contributed by atoms with Gasteiger partial charge in [-0.2, -0.15) is 0 Å². The first-order valence-corrected chi connectivity index (χ1v) is 11.3. The minimum Gasteiger partial charge on any atom is -0.496 e. The molecule has 2 N–H and O–H groups in total. The third kappa shape index (κ3) is 5.91.